The standard InChI is InChI=1S/C21H26N4O/c1-5-25-19-10-9-16(12-17(19)15(2)13-21(25,3)4)14-23-24-20(26)18-8-6-7-11-22-18/h6-12,14-15H,5,13H2,1-4H3,(H,24,26)/b23-14-/t15-/m0/s1. The number of carbonyl (C=O) groups is 1. The fourth-order valence-corrected chi connectivity index (χ4v) is 3.91. The number of carbonyl (C=O) groups excluding carboxylic acids is 1. The molecule has 3 rings (SSSR count). The molecule has 5 nitrogen and oxygen atoms in total. The minimum absolute atomic E-state index is 0.160. The molecule has 1 aliphatic heterocycles. The summed E-state index contributed by atoms with van der Waals surface area (Å²) >= 11 is 0. The lowest BCUT2D eigenvalue weighted by molar-refractivity contribution is 0.0950. The van der Waals surface area contributed by atoms with E-state index in [1.807, 2.05) is 6.07 Å². The van der Waals surface area contributed by atoms with Gasteiger partial charge in [0.15, 0.2) is 0 Å². The molecule has 0 unspecified atom stereocenters. The number of hydrogen-bond acceptors (Lipinski definition) is 4. The third kappa shape index (κ3) is 3.62. The molecule has 2 heterocycles. The fraction of sp³-hybridized carbons (Fsp3) is 0.381. The Bertz CT molecular complexity index is 814. The number of anilines is 1. The van der Waals surface area contributed by atoms with E-state index >= 15 is 0 Å². The summed E-state index contributed by atoms with van der Waals surface area (Å²) in [6, 6.07) is 11.6. The van der Waals surface area contributed by atoms with Crippen molar-refractivity contribution >= 4 is 17.8 Å². The zero-order valence-electron chi connectivity index (χ0n) is 15.9. The first kappa shape index (κ1) is 18.1. The number of amides is 1. The minimum atomic E-state index is -0.313. The second-order valence-corrected chi connectivity index (χ2v) is 7.39. The lowest BCUT2D eigenvalue weighted by atomic mass is 9.79. The van der Waals surface area contributed by atoms with E-state index in [2.05, 4.69) is 60.2 Å². The molecule has 136 valence electrons. The zero-order chi connectivity index (χ0) is 18.7. The lowest BCUT2D eigenvalue weighted by Crippen LogP contribution is -2.48. The van der Waals surface area contributed by atoms with Crippen molar-refractivity contribution in [2.24, 2.45) is 5.10 Å². The Morgan fingerprint density at radius 1 is 1.38 bits per heavy atom. The van der Waals surface area contributed by atoms with Gasteiger partial charge in [0.2, 0.25) is 0 Å². The first-order valence-corrected chi connectivity index (χ1v) is 9.08. The van der Waals surface area contributed by atoms with Crippen LogP contribution < -0.4 is 10.3 Å². The van der Waals surface area contributed by atoms with E-state index in [9.17, 15) is 4.79 Å². The van der Waals surface area contributed by atoms with Crippen LogP contribution in [0.5, 0.6) is 0 Å². The molecule has 0 spiro atoms. The van der Waals surface area contributed by atoms with Crippen molar-refractivity contribution in [3.8, 4) is 0 Å². The van der Waals surface area contributed by atoms with Gasteiger partial charge in [0.05, 0.1) is 6.21 Å². The summed E-state index contributed by atoms with van der Waals surface area (Å²) in [7, 11) is 0. The third-order valence-corrected chi connectivity index (χ3v) is 5.00. The molecule has 26 heavy (non-hydrogen) atoms. The van der Waals surface area contributed by atoms with Gasteiger partial charge in [-0.25, -0.2) is 5.43 Å². The number of aromatic nitrogens is 1. The summed E-state index contributed by atoms with van der Waals surface area (Å²) in [4.78, 5) is 18.5. The van der Waals surface area contributed by atoms with Crippen LogP contribution in [0, 0.1) is 0 Å². The topological polar surface area (TPSA) is 57.6 Å². The number of nitrogens with zero attached hydrogens (tertiary/aromatic N) is 3. The summed E-state index contributed by atoms with van der Waals surface area (Å²) in [5.41, 5.74) is 6.66. The Kier molecular flexibility index (Phi) is 5.07. The number of hydrogen-bond donors (Lipinski definition) is 1. The number of nitrogens with one attached hydrogen (secondary N) is 1. The average Bonchev–Trinajstić information content (AvgIpc) is 2.62. The smallest absolute Gasteiger partial charge is 0.289 e. The van der Waals surface area contributed by atoms with Gasteiger partial charge in [-0.3, -0.25) is 9.78 Å². The SMILES string of the molecule is CCN1c2ccc(/C=N\NC(=O)c3ccccn3)cc2[C@@H](C)CC1(C)C. The van der Waals surface area contributed by atoms with E-state index in [-0.39, 0.29) is 11.4 Å². The van der Waals surface area contributed by atoms with Gasteiger partial charge >= 0.3 is 0 Å². The highest BCUT2D eigenvalue weighted by molar-refractivity contribution is 5.93. The van der Waals surface area contributed by atoms with Crippen LogP contribution in [-0.4, -0.2) is 29.2 Å². The molecule has 0 aliphatic carbocycles. The zero-order valence-corrected chi connectivity index (χ0v) is 15.9. The molecule has 2 aromatic rings. The van der Waals surface area contributed by atoms with E-state index in [0.717, 1.165) is 18.5 Å². The molecule has 0 fully saturated rings. The molecule has 1 N–H and O–H groups in total. The van der Waals surface area contributed by atoms with Crippen molar-refractivity contribution in [3.63, 3.8) is 0 Å². The average molecular weight is 350 g/mol. The van der Waals surface area contributed by atoms with Gasteiger partial charge in [-0.05, 0) is 68.5 Å². The van der Waals surface area contributed by atoms with Gasteiger partial charge in [0.1, 0.15) is 5.69 Å². The highest BCUT2D eigenvalue weighted by Crippen LogP contribution is 2.43. The molecule has 0 radical (unpaired) electrons. The fourth-order valence-electron chi connectivity index (χ4n) is 3.91. The largest absolute Gasteiger partial charge is 0.366 e. The summed E-state index contributed by atoms with van der Waals surface area (Å²) in [6.07, 6.45) is 4.39. The number of pyridine rings is 1. The van der Waals surface area contributed by atoms with Crippen LogP contribution in [0.25, 0.3) is 0 Å². The number of rotatable bonds is 4. The van der Waals surface area contributed by atoms with E-state index < -0.39 is 0 Å². The van der Waals surface area contributed by atoms with Crippen LogP contribution in [0.15, 0.2) is 47.7 Å². The van der Waals surface area contributed by atoms with Crippen molar-refractivity contribution in [3.05, 3.63) is 59.4 Å². The molecular formula is C21H26N4O. The van der Waals surface area contributed by atoms with Gasteiger partial charge in [-0.1, -0.05) is 19.1 Å². The summed E-state index contributed by atoms with van der Waals surface area (Å²) in [5.74, 6) is 0.173. The predicted molar refractivity (Wildman–Crippen MR) is 106 cm³/mol. The van der Waals surface area contributed by atoms with Crippen molar-refractivity contribution in [2.45, 2.75) is 45.6 Å². The van der Waals surface area contributed by atoms with Crippen molar-refractivity contribution < 1.29 is 4.79 Å². The van der Waals surface area contributed by atoms with Gasteiger partial charge in [-0.15, -0.1) is 0 Å². The lowest BCUT2D eigenvalue weighted by Gasteiger charge is -2.47. The van der Waals surface area contributed by atoms with Crippen LogP contribution in [0.4, 0.5) is 5.69 Å². The molecule has 1 aromatic heterocycles. The normalized spacial score (nSPS) is 18.6. The van der Waals surface area contributed by atoms with Crippen molar-refractivity contribution in [1.29, 1.82) is 0 Å². The molecular weight excluding hydrogens is 324 g/mol. The highest BCUT2D eigenvalue weighted by Gasteiger charge is 2.35. The maximum atomic E-state index is 12.0. The first-order chi connectivity index (χ1) is 12.4. The Morgan fingerprint density at radius 2 is 2.19 bits per heavy atom. The van der Waals surface area contributed by atoms with Gasteiger partial charge in [0.25, 0.3) is 5.91 Å². The van der Waals surface area contributed by atoms with Gasteiger partial charge < -0.3 is 4.90 Å². The Hall–Kier alpha value is -2.69. The maximum Gasteiger partial charge on any atom is 0.289 e. The molecule has 0 bridgehead atoms. The van der Waals surface area contributed by atoms with E-state index in [4.69, 9.17) is 0 Å². The Balaban J connectivity index is 1.77. The summed E-state index contributed by atoms with van der Waals surface area (Å²) < 4.78 is 0. The number of hydrazone groups is 1. The predicted octanol–water partition coefficient (Wildman–Crippen LogP) is 3.96. The van der Waals surface area contributed by atoms with Crippen LogP contribution in [0.3, 0.4) is 0 Å². The second kappa shape index (κ2) is 7.28. The Morgan fingerprint density at radius 3 is 2.88 bits per heavy atom. The number of fused-ring (bicyclic) bond motifs is 1. The van der Waals surface area contributed by atoms with E-state index in [1.54, 1.807) is 30.6 Å². The highest BCUT2D eigenvalue weighted by atomic mass is 16.2. The van der Waals surface area contributed by atoms with Crippen LogP contribution in [0.2, 0.25) is 0 Å². The van der Waals surface area contributed by atoms with Crippen molar-refractivity contribution in [1.82, 2.24) is 10.4 Å². The molecule has 1 amide bonds. The first-order valence-electron chi connectivity index (χ1n) is 9.08. The van der Waals surface area contributed by atoms with Crippen molar-refractivity contribution in [2.75, 3.05) is 11.4 Å². The van der Waals surface area contributed by atoms with E-state index in [0.29, 0.717) is 11.6 Å². The van der Waals surface area contributed by atoms with Crippen LogP contribution in [0.1, 0.15) is 61.6 Å². The van der Waals surface area contributed by atoms with E-state index in [1.165, 1.54) is 11.3 Å². The second-order valence-electron chi connectivity index (χ2n) is 7.39. The van der Waals surface area contributed by atoms with Gasteiger partial charge in [-0.2, -0.15) is 5.10 Å². The molecule has 1 aromatic carbocycles. The summed E-state index contributed by atoms with van der Waals surface area (Å²) in [5, 5.41) is 4.08. The molecule has 0 saturated heterocycles. The third-order valence-electron chi connectivity index (χ3n) is 5.00. The molecule has 5 heteroatoms. The monoisotopic (exact) mass is 350 g/mol. The van der Waals surface area contributed by atoms with Crippen LogP contribution >= 0.6 is 0 Å². The van der Waals surface area contributed by atoms with Crippen LogP contribution in [-0.2, 0) is 0 Å². The molecule has 1 atom stereocenters. The minimum Gasteiger partial charge on any atom is -0.366 e. The molecule has 0 saturated carbocycles. The quantitative estimate of drug-likeness (QED) is 0.671. The maximum absolute atomic E-state index is 12.0. The molecule has 1 aliphatic rings. The number of benzene rings is 1. The Labute approximate surface area is 155 Å². The summed E-state index contributed by atoms with van der Waals surface area (Å²) in [6.45, 7) is 10.1. The van der Waals surface area contributed by atoms with Gasteiger partial charge in [0, 0.05) is 24.0 Å².